The van der Waals surface area contributed by atoms with Crippen molar-refractivity contribution in [1.82, 2.24) is 10.2 Å². The van der Waals surface area contributed by atoms with Crippen LogP contribution in [0.4, 0.5) is 4.79 Å². The van der Waals surface area contributed by atoms with E-state index in [2.05, 4.69) is 5.32 Å². The lowest BCUT2D eigenvalue weighted by atomic mass is 10.1. The summed E-state index contributed by atoms with van der Waals surface area (Å²) in [5.41, 5.74) is 0.560. The van der Waals surface area contributed by atoms with Crippen molar-refractivity contribution in [1.29, 1.82) is 0 Å². The van der Waals surface area contributed by atoms with Crippen LogP contribution in [0.3, 0.4) is 0 Å². The number of nitrogens with one attached hydrogen (secondary N) is 1. The molecule has 1 aromatic carbocycles. The fraction of sp³-hybridized carbons (Fsp3) is 0.636. The van der Waals surface area contributed by atoms with Gasteiger partial charge in [-0.3, -0.25) is 4.79 Å². The number of carbonyl (C=O) groups excluding carboxylic acids is 2. The number of hydrogen-bond donors (Lipinski definition) is 1. The van der Waals surface area contributed by atoms with Crippen LogP contribution in [0.15, 0.2) is 30.3 Å². The summed E-state index contributed by atoms with van der Waals surface area (Å²) in [6, 6.07) is 10.1. The minimum atomic E-state index is -0.450. The van der Waals surface area contributed by atoms with Crippen LogP contribution in [0, 0.1) is 0 Å². The lowest BCUT2D eigenvalue weighted by molar-refractivity contribution is -0.145. The molecule has 0 spiro atoms. The van der Waals surface area contributed by atoms with Crippen LogP contribution in [0.5, 0.6) is 0 Å². The molecule has 1 aromatic rings. The van der Waals surface area contributed by atoms with Gasteiger partial charge >= 0.3 is 12.1 Å². The second kappa shape index (κ2) is 11.1. The number of esters is 1. The quantitative estimate of drug-likeness (QED) is 0.539. The van der Waals surface area contributed by atoms with Crippen LogP contribution in [0.1, 0.15) is 58.4 Å². The van der Waals surface area contributed by atoms with E-state index in [1.807, 2.05) is 51.1 Å². The third-order valence-electron chi connectivity index (χ3n) is 4.63. The second-order valence-electron chi connectivity index (χ2n) is 8.30. The average Bonchev–Trinajstić information content (AvgIpc) is 2.66. The van der Waals surface area contributed by atoms with Crippen LogP contribution < -0.4 is 5.32 Å². The lowest BCUT2D eigenvalue weighted by Gasteiger charge is -2.33. The summed E-state index contributed by atoms with van der Waals surface area (Å²) >= 11 is 0. The van der Waals surface area contributed by atoms with E-state index in [0.717, 1.165) is 50.9 Å². The summed E-state index contributed by atoms with van der Waals surface area (Å²) in [5.74, 6) is -0.144. The molecule has 1 saturated heterocycles. The molecule has 28 heavy (non-hydrogen) atoms. The Kier molecular flexibility index (Phi) is 8.77. The maximum atomic E-state index is 12.1. The van der Waals surface area contributed by atoms with Gasteiger partial charge in [-0.1, -0.05) is 30.3 Å². The first-order chi connectivity index (χ1) is 13.3. The van der Waals surface area contributed by atoms with Gasteiger partial charge in [-0.15, -0.1) is 0 Å². The van der Waals surface area contributed by atoms with Gasteiger partial charge in [0.05, 0.1) is 0 Å². The number of likely N-dealkylation sites (tertiary alicyclic amines) is 1. The first-order valence-electron chi connectivity index (χ1n) is 10.2. The molecule has 0 aliphatic carbocycles. The molecule has 1 amide bonds. The molecule has 2 rings (SSSR count). The topological polar surface area (TPSA) is 67.9 Å². The van der Waals surface area contributed by atoms with Crippen LogP contribution >= 0.6 is 0 Å². The van der Waals surface area contributed by atoms with Crippen molar-refractivity contribution >= 4 is 12.1 Å². The summed E-state index contributed by atoms with van der Waals surface area (Å²) in [6.45, 7) is 8.32. The second-order valence-corrected chi connectivity index (χ2v) is 8.30. The van der Waals surface area contributed by atoms with Gasteiger partial charge in [-0.05, 0) is 58.6 Å². The number of carbonyl (C=O) groups is 2. The Morgan fingerprint density at radius 2 is 1.79 bits per heavy atom. The average molecular weight is 391 g/mol. The zero-order chi connectivity index (χ0) is 20.4. The lowest BCUT2D eigenvalue weighted by Crippen LogP contribution is -2.46. The Bertz CT molecular complexity index is 605. The smallest absolute Gasteiger partial charge is 0.410 e. The zero-order valence-corrected chi connectivity index (χ0v) is 17.4. The van der Waals surface area contributed by atoms with Crippen molar-refractivity contribution in [3.8, 4) is 0 Å². The third kappa shape index (κ3) is 8.74. The molecule has 1 aliphatic heterocycles. The number of rotatable bonds is 8. The Hall–Kier alpha value is -2.08. The fourth-order valence-corrected chi connectivity index (χ4v) is 3.10. The van der Waals surface area contributed by atoms with Crippen LogP contribution in [0.25, 0.3) is 0 Å². The highest BCUT2D eigenvalue weighted by molar-refractivity contribution is 5.69. The molecule has 0 aromatic heterocycles. The molecule has 6 heteroatoms. The van der Waals surface area contributed by atoms with Crippen molar-refractivity contribution in [3.63, 3.8) is 0 Å². The maximum Gasteiger partial charge on any atom is 0.410 e. The highest BCUT2D eigenvalue weighted by atomic mass is 16.6. The molecule has 0 bridgehead atoms. The van der Waals surface area contributed by atoms with E-state index in [4.69, 9.17) is 9.47 Å². The van der Waals surface area contributed by atoms with Gasteiger partial charge in [-0.25, -0.2) is 4.79 Å². The number of hydrogen-bond acceptors (Lipinski definition) is 5. The highest BCUT2D eigenvalue weighted by Gasteiger charge is 2.26. The summed E-state index contributed by atoms with van der Waals surface area (Å²) in [5, 5.41) is 3.53. The SMILES string of the molecule is CC(C)(C)OC(=O)N1CCC(NCCCCC(=O)OCc2ccccc2)CC1. The predicted molar refractivity (Wildman–Crippen MR) is 109 cm³/mol. The monoisotopic (exact) mass is 390 g/mol. The molecular weight excluding hydrogens is 356 g/mol. The number of piperidine rings is 1. The van der Waals surface area contributed by atoms with Crippen molar-refractivity contribution in [2.24, 2.45) is 0 Å². The largest absolute Gasteiger partial charge is 0.461 e. The van der Waals surface area contributed by atoms with E-state index in [1.165, 1.54) is 0 Å². The van der Waals surface area contributed by atoms with E-state index in [9.17, 15) is 9.59 Å². The molecule has 1 heterocycles. The first-order valence-corrected chi connectivity index (χ1v) is 10.2. The molecule has 1 aliphatic rings. The molecule has 0 unspecified atom stereocenters. The third-order valence-corrected chi connectivity index (χ3v) is 4.63. The van der Waals surface area contributed by atoms with E-state index in [-0.39, 0.29) is 12.1 Å². The minimum absolute atomic E-state index is 0.144. The number of amides is 1. The van der Waals surface area contributed by atoms with Crippen molar-refractivity contribution in [2.75, 3.05) is 19.6 Å². The Morgan fingerprint density at radius 3 is 2.43 bits per heavy atom. The number of nitrogens with zero attached hydrogens (tertiary/aromatic N) is 1. The van der Waals surface area contributed by atoms with Gasteiger partial charge in [-0.2, -0.15) is 0 Å². The summed E-state index contributed by atoms with van der Waals surface area (Å²) in [6.07, 6.45) is 3.84. The van der Waals surface area contributed by atoms with Gasteiger partial charge in [0, 0.05) is 25.6 Å². The van der Waals surface area contributed by atoms with Crippen molar-refractivity contribution in [3.05, 3.63) is 35.9 Å². The van der Waals surface area contributed by atoms with E-state index in [0.29, 0.717) is 19.1 Å². The van der Waals surface area contributed by atoms with Gasteiger partial charge in [0.25, 0.3) is 0 Å². The minimum Gasteiger partial charge on any atom is -0.461 e. The van der Waals surface area contributed by atoms with Gasteiger partial charge in [0.1, 0.15) is 12.2 Å². The van der Waals surface area contributed by atoms with Crippen LogP contribution in [-0.4, -0.2) is 48.2 Å². The number of unbranched alkanes of at least 4 members (excludes halogenated alkanes) is 1. The number of benzene rings is 1. The molecule has 6 nitrogen and oxygen atoms in total. The molecule has 1 N–H and O–H groups in total. The van der Waals surface area contributed by atoms with Crippen molar-refractivity contribution < 1.29 is 19.1 Å². The summed E-state index contributed by atoms with van der Waals surface area (Å²) < 4.78 is 10.7. The summed E-state index contributed by atoms with van der Waals surface area (Å²) in [4.78, 5) is 25.6. The maximum absolute atomic E-state index is 12.1. The summed E-state index contributed by atoms with van der Waals surface area (Å²) in [7, 11) is 0. The Morgan fingerprint density at radius 1 is 1.11 bits per heavy atom. The highest BCUT2D eigenvalue weighted by Crippen LogP contribution is 2.15. The van der Waals surface area contributed by atoms with Crippen molar-refractivity contribution in [2.45, 2.75) is 71.1 Å². The van der Waals surface area contributed by atoms with E-state index in [1.54, 1.807) is 4.90 Å². The molecule has 0 radical (unpaired) electrons. The van der Waals surface area contributed by atoms with Crippen LogP contribution in [0.2, 0.25) is 0 Å². The van der Waals surface area contributed by atoms with Gasteiger partial charge in [0.2, 0.25) is 0 Å². The predicted octanol–water partition coefficient (Wildman–Crippen LogP) is 3.89. The normalized spacial score (nSPS) is 15.3. The van der Waals surface area contributed by atoms with Gasteiger partial charge in [0.15, 0.2) is 0 Å². The Balaban J connectivity index is 1.50. The number of ether oxygens (including phenoxy) is 2. The van der Waals surface area contributed by atoms with E-state index < -0.39 is 5.60 Å². The molecule has 0 saturated carbocycles. The molecule has 1 fully saturated rings. The van der Waals surface area contributed by atoms with Crippen LogP contribution in [-0.2, 0) is 20.9 Å². The van der Waals surface area contributed by atoms with Gasteiger partial charge < -0.3 is 19.7 Å². The molecule has 156 valence electrons. The standard InChI is InChI=1S/C22H34N2O4/c1-22(2,3)28-21(26)24-15-12-19(13-16-24)23-14-8-7-11-20(25)27-17-18-9-5-4-6-10-18/h4-6,9-10,19,23H,7-8,11-17H2,1-3H3. The molecular formula is C22H34N2O4. The Labute approximate surface area is 168 Å². The zero-order valence-electron chi connectivity index (χ0n) is 17.4. The first kappa shape index (κ1) is 22.2. The fourth-order valence-electron chi connectivity index (χ4n) is 3.10. The van der Waals surface area contributed by atoms with E-state index >= 15 is 0 Å². The molecule has 0 atom stereocenters.